The smallest absolute Gasteiger partial charge is 0.344 e. The summed E-state index contributed by atoms with van der Waals surface area (Å²) in [6, 6.07) is 12.4. The first-order valence-corrected chi connectivity index (χ1v) is 8.83. The van der Waals surface area contributed by atoms with Crippen molar-refractivity contribution in [1.29, 1.82) is 5.26 Å². The van der Waals surface area contributed by atoms with Gasteiger partial charge in [0.15, 0.2) is 6.61 Å². The van der Waals surface area contributed by atoms with Crippen LogP contribution < -0.4 is 14.2 Å². The minimum Gasteiger partial charge on any atom is -0.493 e. The molecule has 27 heavy (non-hydrogen) atoms. The highest BCUT2D eigenvalue weighted by atomic mass is 16.6. The fourth-order valence-electron chi connectivity index (χ4n) is 2.85. The van der Waals surface area contributed by atoms with Crippen molar-refractivity contribution in [3.8, 4) is 23.3 Å². The summed E-state index contributed by atoms with van der Waals surface area (Å²) in [4.78, 5) is 12.0. The first kappa shape index (κ1) is 18.6. The van der Waals surface area contributed by atoms with Crippen molar-refractivity contribution < 1.29 is 23.7 Å². The molecular formula is C21H21NO5. The molecule has 0 saturated heterocycles. The van der Waals surface area contributed by atoms with Gasteiger partial charge in [0.25, 0.3) is 0 Å². The number of hydrogen-bond donors (Lipinski definition) is 0. The van der Waals surface area contributed by atoms with Crippen molar-refractivity contribution in [2.45, 2.75) is 33.0 Å². The predicted molar refractivity (Wildman–Crippen MR) is 97.9 cm³/mol. The van der Waals surface area contributed by atoms with Crippen LogP contribution in [-0.4, -0.2) is 25.3 Å². The van der Waals surface area contributed by atoms with Crippen molar-refractivity contribution >= 4 is 5.97 Å². The molecule has 0 saturated carbocycles. The fraction of sp³-hybridized carbons (Fsp3) is 0.333. The van der Waals surface area contributed by atoms with E-state index in [9.17, 15) is 4.79 Å². The van der Waals surface area contributed by atoms with Crippen molar-refractivity contribution in [1.82, 2.24) is 0 Å². The average molecular weight is 367 g/mol. The van der Waals surface area contributed by atoms with Gasteiger partial charge in [-0.25, -0.2) is 4.79 Å². The van der Waals surface area contributed by atoms with Gasteiger partial charge in [-0.3, -0.25) is 0 Å². The summed E-state index contributed by atoms with van der Waals surface area (Å²) in [7, 11) is 0. The topological polar surface area (TPSA) is 77.8 Å². The van der Waals surface area contributed by atoms with E-state index in [1.807, 2.05) is 32.0 Å². The molecule has 0 amide bonds. The van der Waals surface area contributed by atoms with Gasteiger partial charge in [-0.1, -0.05) is 0 Å². The van der Waals surface area contributed by atoms with Crippen LogP contribution in [0, 0.1) is 11.3 Å². The molecular weight excluding hydrogens is 346 g/mol. The number of carbonyl (C=O) groups is 1. The van der Waals surface area contributed by atoms with Gasteiger partial charge in [-0.2, -0.15) is 5.26 Å². The van der Waals surface area contributed by atoms with Crippen molar-refractivity contribution in [2.24, 2.45) is 0 Å². The monoisotopic (exact) mass is 367 g/mol. The van der Waals surface area contributed by atoms with Crippen LogP contribution in [0.5, 0.6) is 17.2 Å². The zero-order valence-corrected chi connectivity index (χ0v) is 15.4. The fourth-order valence-corrected chi connectivity index (χ4v) is 2.85. The van der Waals surface area contributed by atoms with E-state index in [0.29, 0.717) is 23.7 Å². The van der Waals surface area contributed by atoms with Gasteiger partial charge in [-0.15, -0.1) is 0 Å². The maximum Gasteiger partial charge on any atom is 0.344 e. The average Bonchev–Trinajstić information content (AvgIpc) is 3.04. The number of carbonyl (C=O) groups excluding carboxylic acids is 1. The maximum absolute atomic E-state index is 12.0. The van der Waals surface area contributed by atoms with E-state index in [4.69, 9.17) is 24.2 Å². The number of rotatable bonds is 7. The van der Waals surface area contributed by atoms with Gasteiger partial charge in [0.2, 0.25) is 0 Å². The lowest BCUT2D eigenvalue weighted by Gasteiger charge is -2.13. The first-order valence-electron chi connectivity index (χ1n) is 8.83. The molecule has 1 atom stereocenters. The minimum absolute atomic E-state index is 0.0793. The van der Waals surface area contributed by atoms with Gasteiger partial charge in [-0.05, 0) is 50.2 Å². The van der Waals surface area contributed by atoms with Crippen LogP contribution in [0.3, 0.4) is 0 Å². The van der Waals surface area contributed by atoms with Crippen LogP contribution in [0.1, 0.15) is 30.5 Å². The second-order valence-electron chi connectivity index (χ2n) is 6.22. The van der Waals surface area contributed by atoms with E-state index in [2.05, 4.69) is 0 Å². The highest BCUT2D eigenvalue weighted by Gasteiger charge is 2.22. The Morgan fingerprint density at radius 2 is 2.04 bits per heavy atom. The number of nitriles is 1. The third kappa shape index (κ3) is 4.70. The van der Waals surface area contributed by atoms with Gasteiger partial charge in [0, 0.05) is 17.5 Å². The Kier molecular flexibility index (Phi) is 5.82. The summed E-state index contributed by atoms with van der Waals surface area (Å²) in [6.07, 6.45) is 0.974. The normalized spacial score (nSPS) is 14.6. The van der Waals surface area contributed by atoms with E-state index < -0.39 is 5.97 Å². The molecule has 6 nitrogen and oxygen atoms in total. The molecule has 1 aliphatic rings. The van der Waals surface area contributed by atoms with Gasteiger partial charge < -0.3 is 18.9 Å². The summed E-state index contributed by atoms with van der Waals surface area (Å²) in [5, 5.41) is 8.77. The summed E-state index contributed by atoms with van der Waals surface area (Å²) in [5.41, 5.74) is 2.39. The van der Waals surface area contributed by atoms with E-state index in [-0.39, 0.29) is 19.3 Å². The van der Waals surface area contributed by atoms with Crippen LogP contribution in [0.15, 0.2) is 36.4 Å². The standard InChI is InChI=1S/C21H21NO5/c1-3-24-19-9-16-8-14(2)27-20(16)10-17(19)12-26-21(23)13-25-18-6-4-15(11-22)5-7-18/h4-7,9-10,14H,3,8,12-13H2,1-2H3. The van der Waals surface area contributed by atoms with Gasteiger partial charge in [0.05, 0.1) is 18.2 Å². The van der Waals surface area contributed by atoms with E-state index in [0.717, 1.165) is 23.3 Å². The third-order valence-corrected chi connectivity index (χ3v) is 4.11. The summed E-state index contributed by atoms with van der Waals surface area (Å²) in [5.74, 6) is 1.53. The Balaban J connectivity index is 1.58. The molecule has 2 aromatic carbocycles. The minimum atomic E-state index is -0.489. The van der Waals surface area contributed by atoms with Crippen LogP contribution in [0.25, 0.3) is 0 Å². The Labute approximate surface area is 158 Å². The van der Waals surface area contributed by atoms with Crippen molar-refractivity contribution in [2.75, 3.05) is 13.2 Å². The quantitative estimate of drug-likeness (QED) is 0.698. The Hall–Kier alpha value is -3.20. The second-order valence-corrected chi connectivity index (χ2v) is 6.22. The molecule has 0 aromatic heterocycles. The molecule has 140 valence electrons. The molecule has 2 aromatic rings. The SMILES string of the molecule is CCOc1cc2c(cc1COC(=O)COc1ccc(C#N)cc1)OC(C)C2. The molecule has 0 spiro atoms. The zero-order chi connectivity index (χ0) is 19.2. The molecule has 1 heterocycles. The number of benzene rings is 2. The molecule has 1 aliphatic heterocycles. The summed E-state index contributed by atoms with van der Waals surface area (Å²) >= 11 is 0. The van der Waals surface area contributed by atoms with Gasteiger partial charge in [0.1, 0.15) is 30.0 Å². The predicted octanol–water partition coefficient (Wildman–Crippen LogP) is 3.40. The van der Waals surface area contributed by atoms with Crippen molar-refractivity contribution in [3.63, 3.8) is 0 Å². The van der Waals surface area contributed by atoms with E-state index >= 15 is 0 Å². The molecule has 0 N–H and O–H groups in total. The highest BCUT2D eigenvalue weighted by Crippen LogP contribution is 2.35. The Morgan fingerprint density at radius 3 is 2.74 bits per heavy atom. The van der Waals surface area contributed by atoms with Crippen LogP contribution in [0.2, 0.25) is 0 Å². The summed E-state index contributed by atoms with van der Waals surface area (Å²) < 4.78 is 22.1. The zero-order valence-electron chi connectivity index (χ0n) is 15.4. The second kappa shape index (κ2) is 8.45. The van der Waals surface area contributed by atoms with Crippen LogP contribution >= 0.6 is 0 Å². The summed E-state index contributed by atoms with van der Waals surface area (Å²) in [6.45, 7) is 4.32. The molecule has 1 unspecified atom stereocenters. The number of esters is 1. The largest absolute Gasteiger partial charge is 0.493 e. The maximum atomic E-state index is 12.0. The number of hydrogen-bond acceptors (Lipinski definition) is 6. The van der Waals surface area contributed by atoms with E-state index in [1.165, 1.54) is 0 Å². The molecule has 6 heteroatoms. The molecule has 0 radical (unpaired) electrons. The van der Waals surface area contributed by atoms with E-state index in [1.54, 1.807) is 24.3 Å². The highest BCUT2D eigenvalue weighted by molar-refractivity contribution is 5.71. The number of nitrogens with zero attached hydrogens (tertiary/aromatic N) is 1. The lowest BCUT2D eigenvalue weighted by atomic mass is 10.1. The first-order chi connectivity index (χ1) is 13.1. The lowest BCUT2D eigenvalue weighted by Crippen LogP contribution is -2.15. The van der Waals surface area contributed by atoms with Gasteiger partial charge >= 0.3 is 5.97 Å². The third-order valence-electron chi connectivity index (χ3n) is 4.11. The molecule has 0 bridgehead atoms. The Bertz CT molecular complexity index is 854. The molecule has 0 fully saturated rings. The molecule has 3 rings (SSSR count). The number of fused-ring (bicyclic) bond motifs is 1. The number of ether oxygens (including phenoxy) is 4. The van der Waals surface area contributed by atoms with Crippen LogP contribution in [0.4, 0.5) is 0 Å². The van der Waals surface area contributed by atoms with Crippen LogP contribution in [-0.2, 0) is 22.6 Å². The lowest BCUT2D eigenvalue weighted by molar-refractivity contribution is -0.147. The Morgan fingerprint density at radius 1 is 1.26 bits per heavy atom. The van der Waals surface area contributed by atoms with Crippen molar-refractivity contribution in [3.05, 3.63) is 53.1 Å². The molecule has 0 aliphatic carbocycles.